The van der Waals surface area contributed by atoms with Crippen molar-refractivity contribution in [2.75, 3.05) is 12.9 Å². The van der Waals surface area contributed by atoms with E-state index in [1.807, 2.05) is 0 Å². The van der Waals surface area contributed by atoms with Crippen molar-refractivity contribution in [3.8, 4) is 0 Å². The number of carbonyl (C=O) groups is 2. The number of rotatable bonds is 13. The molecule has 2 N–H and O–H groups in total. The van der Waals surface area contributed by atoms with Gasteiger partial charge in [0.25, 0.3) is 0 Å². The Bertz CT molecular complexity index is 771. The first-order chi connectivity index (χ1) is 15.6. The van der Waals surface area contributed by atoms with Crippen LogP contribution in [0.4, 0.5) is 13.2 Å². The maximum absolute atomic E-state index is 12.8. The van der Waals surface area contributed by atoms with Crippen LogP contribution in [-0.4, -0.2) is 47.0 Å². The first-order valence-electron chi connectivity index (χ1n) is 11.4. The Morgan fingerprint density at radius 3 is 2.64 bits per heavy atom. The first-order valence-corrected chi connectivity index (χ1v) is 12.4. The second-order valence-electron chi connectivity index (χ2n) is 8.60. The number of hydrogen-bond donors (Lipinski definition) is 2. The Hall–Kier alpha value is -1.58. The van der Waals surface area contributed by atoms with Gasteiger partial charge in [0.2, 0.25) is 0 Å². The van der Waals surface area contributed by atoms with E-state index in [1.165, 1.54) is 13.2 Å². The molecule has 1 aliphatic carbocycles. The quantitative estimate of drug-likeness (QED) is 0.230. The molecule has 4 atom stereocenters. The summed E-state index contributed by atoms with van der Waals surface area (Å²) < 4.78 is 43.1. The summed E-state index contributed by atoms with van der Waals surface area (Å²) in [5, 5.41) is 20.7. The summed E-state index contributed by atoms with van der Waals surface area (Å²) in [6.45, 7) is 0. The lowest BCUT2D eigenvalue weighted by atomic mass is 9.85. The fraction of sp³-hybridized carbons (Fsp3) is 0.667. The average molecular weight is 491 g/mol. The molecular weight excluding hydrogens is 457 g/mol. The normalized spacial score (nSPS) is 21.9. The summed E-state index contributed by atoms with van der Waals surface area (Å²) in [5.41, 5.74) is -0.720. The molecule has 1 aromatic rings. The molecule has 0 saturated heterocycles. The molecule has 186 valence electrons. The Morgan fingerprint density at radius 2 is 1.94 bits per heavy atom. The topological polar surface area (TPSA) is 83.8 Å². The third-order valence-electron chi connectivity index (χ3n) is 6.15. The number of esters is 1. The number of methoxy groups -OCH3 is 1. The summed E-state index contributed by atoms with van der Waals surface area (Å²) in [4.78, 5) is 23.9. The predicted molar refractivity (Wildman–Crippen MR) is 120 cm³/mol. The summed E-state index contributed by atoms with van der Waals surface area (Å²) >= 11 is 1.16. The third kappa shape index (κ3) is 9.29. The van der Waals surface area contributed by atoms with Crippen LogP contribution in [0.5, 0.6) is 0 Å². The second-order valence-corrected chi connectivity index (χ2v) is 9.70. The number of benzene rings is 1. The van der Waals surface area contributed by atoms with Gasteiger partial charge < -0.3 is 14.9 Å². The zero-order chi connectivity index (χ0) is 24.4. The minimum Gasteiger partial charge on any atom is -0.469 e. The van der Waals surface area contributed by atoms with E-state index in [9.17, 15) is 33.0 Å². The van der Waals surface area contributed by atoms with Gasteiger partial charge in [-0.15, -0.1) is 11.8 Å². The van der Waals surface area contributed by atoms with Gasteiger partial charge in [0.1, 0.15) is 5.78 Å². The number of ketones is 1. The number of aliphatic hydroxyl groups is 2. The lowest BCUT2D eigenvalue weighted by Crippen LogP contribution is -2.23. The van der Waals surface area contributed by atoms with E-state index in [2.05, 4.69) is 4.74 Å². The van der Waals surface area contributed by atoms with Gasteiger partial charge in [-0.25, -0.2) is 0 Å². The second kappa shape index (κ2) is 13.3. The zero-order valence-electron chi connectivity index (χ0n) is 18.9. The SMILES string of the molecule is COC(=O)CCCCCCC1C(=O)C[C@@H](O)[C@@H]1CCC(O)CSc1cccc(C(F)(F)F)c1. The van der Waals surface area contributed by atoms with Crippen molar-refractivity contribution < 1.29 is 37.7 Å². The number of alkyl halides is 3. The van der Waals surface area contributed by atoms with Gasteiger partial charge in [0, 0.05) is 29.4 Å². The number of carbonyl (C=O) groups excluding carboxylic acids is 2. The fourth-order valence-electron chi connectivity index (χ4n) is 4.30. The molecule has 0 heterocycles. The first kappa shape index (κ1) is 27.7. The number of ether oxygens (including phenoxy) is 1. The van der Waals surface area contributed by atoms with Crippen LogP contribution < -0.4 is 0 Å². The van der Waals surface area contributed by atoms with Crippen LogP contribution in [0, 0.1) is 11.8 Å². The maximum atomic E-state index is 12.8. The molecular formula is C24H33F3O5S. The van der Waals surface area contributed by atoms with Crippen molar-refractivity contribution in [3.63, 3.8) is 0 Å². The Morgan fingerprint density at radius 1 is 1.21 bits per heavy atom. The largest absolute Gasteiger partial charge is 0.469 e. The van der Waals surface area contributed by atoms with Gasteiger partial charge in [-0.2, -0.15) is 13.2 Å². The molecule has 1 aliphatic rings. The van der Waals surface area contributed by atoms with Crippen LogP contribution in [0.1, 0.15) is 63.4 Å². The van der Waals surface area contributed by atoms with E-state index in [0.717, 1.165) is 49.6 Å². The van der Waals surface area contributed by atoms with Gasteiger partial charge in [-0.3, -0.25) is 9.59 Å². The van der Waals surface area contributed by atoms with E-state index in [-0.39, 0.29) is 35.8 Å². The van der Waals surface area contributed by atoms with Crippen molar-refractivity contribution >= 4 is 23.5 Å². The van der Waals surface area contributed by atoms with E-state index >= 15 is 0 Å². The van der Waals surface area contributed by atoms with E-state index < -0.39 is 23.9 Å². The number of thioether (sulfide) groups is 1. The lowest BCUT2D eigenvalue weighted by Gasteiger charge is -2.22. The van der Waals surface area contributed by atoms with Crippen LogP contribution >= 0.6 is 11.8 Å². The van der Waals surface area contributed by atoms with E-state index in [1.54, 1.807) is 6.07 Å². The van der Waals surface area contributed by atoms with Crippen LogP contribution in [0.25, 0.3) is 0 Å². The standard InChI is InChI=1S/C24H33F3O5S/c1-32-23(31)10-5-3-2-4-9-19-20(22(30)14-21(19)29)12-11-17(28)15-33-18-8-6-7-16(13-18)24(25,26)27/h6-8,13,17,19-20,22,28,30H,2-5,9-12,14-15H2,1H3/t17?,19?,20-,22-/m1/s1. The Labute approximate surface area is 197 Å². The summed E-state index contributed by atoms with van der Waals surface area (Å²) in [6, 6.07) is 5.00. The molecule has 0 aromatic heterocycles. The summed E-state index contributed by atoms with van der Waals surface area (Å²) in [6.07, 6.45) is -0.484. The highest BCUT2D eigenvalue weighted by molar-refractivity contribution is 7.99. The smallest absolute Gasteiger partial charge is 0.416 e. The number of Topliss-reactive ketones (excluding diaryl/α,β-unsaturated/α-hetero) is 1. The fourth-order valence-corrected chi connectivity index (χ4v) is 5.23. The van der Waals surface area contributed by atoms with Gasteiger partial charge >= 0.3 is 12.1 Å². The third-order valence-corrected chi connectivity index (χ3v) is 7.28. The van der Waals surface area contributed by atoms with Gasteiger partial charge in [0.15, 0.2) is 0 Å². The van der Waals surface area contributed by atoms with Crippen molar-refractivity contribution in [2.24, 2.45) is 11.8 Å². The molecule has 1 saturated carbocycles. The van der Waals surface area contributed by atoms with Crippen LogP contribution in [-0.2, 0) is 20.5 Å². The van der Waals surface area contributed by atoms with Crippen LogP contribution in [0.15, 0.2) is 29.2 Å². The molecule has 9 heteroatoms. The zero-order valence-corrected chi connectivity index (χ0v) is 19.7. The van der Waals surface area contributed by atoms with E-state index in [4.69, 9.17) is 0 Å². The molecule has 1 aromatic carbocycles. The molecule has 0 amide bonds. The molecule has 0 radical (unpaired) electrons. The molecule has 0 aliphatic heterocycles. The highest BCUT2D eigenvalue weighted by Gasteiger charge is 2.40. The van der Waals surface area contributed by atoms with Crippen molar-refractivity contribution in [3.05, 3.63) is 29.8 Å². The predicted octanol–water partition coefficient (Wildman–Crippen LogP) is 5.02. The number of unbranched alkanes of at least 4 members (excludes halogenated alkanes) is 3. The minimum absolute atomic E-state index is 0.0508. The van der Waals surface area contributed by atoms with Crippen LogP contribution in [0.2, 0.25) is 0 Å². The average Bonchev–Trinajstić information content (AvgIpc) is 3.04. The number of aliphatic hydroxyl groups excluding tert-OH is 2. The molecule has 1 fully saturated rings. The summed E-state index contributed by atoms with van der Waals surface area (Å²) in [7, 11) is 1.36. The molecule has 0 bridgehead atoms. The lowest BCUT2D eigenvalue weighted by molar-refractivity contribution is -0.141. The monoisotopic (exact) mass is 490 g/mol. The number of hydrogen-bond acceptors (Lipinski definition) is 6. The number of halogens is 3. The van der Waals surface area contributed by atoms with Crippen LogP contribution in [0.3, 0.4) is 0 Å². The highest BCUT2D eigenvalue weighted by atomic mass is 32.2. The van der Waals surface area contributed by atoms with Gasteiger partial charge in [-0.1, -0.05) is 25.3 Å². The Kier molecular flexibility index (Phi) is 11.2. The molecule has 2 rings (SSSR count). The summed E-state index contributed by atoms with van der Waals surface area (Å²) in [5.74, 6) is -0.378. The molecule has 33 heavy (non-hydrogen) atoms. The maximum Gasteiger partial charge on any atom is 0.416 e. The van der Waals surface area contributed by atoms with Crippen molar-refractivity contribution in [1.82, 2.24) is 0 Å². The van der Waals surface area contributed by atoms with E-state index in [0.29, 0.717) is 30.6 Å². The molecule has 5 nitrogen and oxygen atoms in total. The van der Waals surface area contributed by atoms with Crippen molar-refractivity contribution in [2.45, 2.75) is 81.1 Å². The molecule has 0 spiro atoms. The highest BCUT2D eigenvalue weighted by Crippen LogP contribution is 2.37. The van der Waals surface area contributed by atoms with Gasteiger partial charge in [0.05, 0.1) is 24.9 Å². The van der Waals surface area contributed by atoms with Gasteiger partial charge in [-0.05, 0) is 49.8 Å². The Balaban J connectivity index is 1.75. The van der Waals surface area contributed by atoms with Crippen molar-refractivity contribution in [1.29, 1.82) is 0 Å². The molecule has 2 unspecified atom stereocenters. The minimum atomic E-state index is -4.41.